The van der Waals surface area contributed by atoms with Gasteiger partial charge < -0.3 is 19.3 Å². The second kappa shape index (κ2) is 8.51. The van der Waals surface area contributed by atoms with E-state index in [0.717, 1.165) is 22.5 Å². The summed E-state index contributed by atoms with van der Waals surface area (Å²) < 4.78 is 10.8. The van der Waals surface area contributed by atoms with Crippen LogP contribution in [0.25, 0.3) is 0 Å². The van der Waals surface area contributed by atoms with Crippen molar-refractivity contribution >= 4 is 23.6 Å². The number of carbonyl (C=O) groups excluding carboxylic acids is 2. The molecule has 1 aliphatic rings. The summed E-state index contributed by atoms with van der Waals surface area (Å²) in [4.78, 5) is 28.4. The van der Waals surface area contributed by atoms with Gasteiger partial charge in [-0.3, -0.25) is 5.32 Å². The van der Waals surface area contributed by atoms with Crippen LogP contribution in [0.5, 0.6) is 0 Å². The molecule has 1 fully saturated rings. The topological polar surface area (TPSA) is 71.1 Å². The molecule has 1 heterocycles. The number of anilines is 2. The Kier molecular flexibility index (Phi) is 6.71. The lowest BCUT2D eigenvalue weighted by Crippen LogP contribution is -2.50. The number of rotatable bonds is 2. The lowest BCUT2D eigenvalue weighted by atomic mass is 10.1. The van der Waals surface area contributed by atoms with Crippen LogP contribution >= 0.6 is 0 Å². The Balaban J connectivity index is 2.08. The van der Waals surface area contributed by atoms with Crippen molar-refractivity contribution in [3.05, 3.63) is 23.3 Å². The predicted molar refractivity (Wildman–Crippen MR) is 116 cm³/mol. The molecule has 0 unspecified atom stereocenters. The number of amides is 2. The Morgan fingerprint density at radius 1 is 0.862 bits per heavy atom. The average Bonchev–Trinajstić information content (AvgIpc) is 2.54. The lowest BCUT2D eigenvalue weighted by molar-refractivity contribution is 0.0240. The summed E-state index contributed by atoms with van der Waals surface area (Å²) in [6.45, 7) is 17.7. The van der Waals surface area contributed by atoms with E-state index in [-0.39, 0.29) is 6.09 Å². The number of hydrogen-bond donors (Lipinski definition) is 1. The SMILES string of the molecule is Cc1cc(C)c(N2CCN(C(=O)OC(C)(C)C)CC2)cc1NC(=O)OC(C)(C)C. The normalized spacial score (nSPS) is 15.2. The molecule has 2 rings (SSSR count). The van der Waals surface area contributed by atoms with E-state index < -0.39 is 17.3 Å². The smallest absolute Gasteiger partial charge is 0.412 e. The highest BCUT2D eigenvalue weighted by Crippen LogP contribution is 2.29. The molecule has 1 N–H and O–H groups in total. The molecule has 1 aliphatic heterocycles. The number of nitrogens with one attached hydrogen (secondary N) is 1. The highest BCUT2D eigenvalue weighted by molar-refractivity contribution is 5.87. The minimum atomic E-state index is -0.552. The van der Waals surface area contributed by atoms with Crippen molar-refractivity contribution in [1.82, 2.24) is 4.90 Å². The number of aryl methyl sites for hydroxylation is 2. The number of hydrogen-bond acceptors (Lipinski definition) is 5. The fourth-order valence-electron chi connectivity index (χ4n) is 3.19. The standard InChI is InChI=1S/C22H35N3O4/c1-15-13-16(2)18(14-17(15)23-19(26)28-21(3,4)5)24-9-11-25(12-10-24)20(27)29-22(6,7)8/h13-14H,9-12H2,1-8H3,(H,23,26). The number of carbonyl (C=O) groups is 2. The second-order valence-corrected chi connectivity index (χ2v) is 9.53. The molecule has 0 aromatic heterocycles. The summed E-state index contributed by atoms with van der Waals surface area (Å²) in [6.07, 6.45) is -0.741. The number of nitrogens with zero attached hydrogens (tertiary/aromatic N) is 2. The van der Waals surface area contributed by atoms with Gasteiger partial charge in [-0.25, -0.2) is 9.59 Å². The van der Waals surface area contributed by atoms with Crippen LogP contribution in [0, 0.1) is 13.8 Å². The zero-order valence-electron chi connectivity index (χ0n) is 19.0. The molecule has 1 saturated heterocycles. The van der Waals surface area contributed by atoms with Crippen molar-refractivity contribution in [2.75, 3.05) is 36.4 Å². The van der Waals surface area contributed by atoms with E-state index in [1.807, 2.05) is 54.5 Å². The zero-order chi connectivity index (χ0) is 22.0. The highest BCUT2D eigenvalue weighted by atomic mass is 16.6. The summed E-state index contributed by atoms with van der Waals surface area (Å²) >= 11 is 0. The van der Waals surface area contributed by atoms with Crippen LogP contribution in [0.15, 0.2) is 12.1 Å². The van der Waals surface area contributed by atoms with Crippen LogP contribution in [-0.2, 0) is 9.47 Å². The van der Waals surface area contributed by atoms with Crippen LogP contribution < -0.4 is 10.2 Å². The summed E-state index contributed by atoms with van der Waals surface area (Å²) in [5, 5.41) is 2.85. The molecule has 0 atom stereocenters. The molecule has 0 saturated carbocycles. The Labute approximate surface area is 174 Å². The first-order chi connectivity index (χ1) is 13.2. The summed E-state index contributed by atoms with van der Waals surface area (Å²) in [5.41, 5.74) is 2.83. The van der Waals surface area contributed by atoms with Gasteiger partial charge in [-0.1, -0.05) is 6.07 Å². The van der Waals surface area contributed by atoms with Crippen molar-refractivity contribution in [3.63, 3.8) is 0 Å². The predicted octanol–water partition coefficient (Wildman–Crippen LogP) is 4.71. The monoisotopic (exact) mass is 405 g/mol. The molecule has 2 amide bonds. The molecule has 0 bridgehead atoms. The van der Waals surface area contributed by atoms with Crippen molar-refractivity contribution in [2.24, 2.45) is 0 Å². The number of benzene rings is 1. The summed E-state index contributed by atoms with van der Waals surface area (Å²) in [5.74, 6) is 0. The average molecular weight is 406 g/mol. The fourth-order valence-corrected chi connectivity index (χ4v) is 3.19. The van der Waals surface area contributed by atoms with E-state index in [9.17, 15) is 9.59 Å². The Morgan fingerprint density at radius 3 is 1.93 bits per heavy atom. The minimum absolute atomic E-state index is 0.273. The third-order valence-electron chi connectivity index (χ3n) is 4.45. The molecule has 0 radical (unpaired) electrons. The number of ether oxygens (including phenoxy) is 2. The fraction of sp³-hybridized carbons (Fsp3) is 0.636. The minimum Gasteiger partial charge on any atom is -0.444 e. The first-order valence-electron chi connectivity index (χ1n) is 10.1. The number of piperazine rings is 1. The van der Waals surface area contributed by atoms with Gasteiger partial charge in [0, 0.05) is 37.6 Å². The molecule has 7 nitrogen and oxygen atoms in total. The molecular formula is C22H35N3O4. The van der Waals surface area contributed by atoms with Gasteiger partial charge in [0.2, 0.25) is 0 Å². The van der Waals surface area contributed by atoms with Gasteiger partial charge in [0.1, 0.15) is 11.2 Å². The first-order valence-corrected chi connectivity index (χ1v) is 10.1. The molecule has 1 aromatic rings. The van der Waals surface area contributed by atoms with Crippen LogP contribution in [0.3, 0.4) is 0 Å². The van der Waals surface area contributed by atoms with E-state index in [1.165, 1.54) is 0 Å². The molecule has 7 heteroatoms. The maximum absolute atomic E-state index is 12.3. The van der Waals surface area contributed by atoms with E-state index in [0.29, 0.717) is 26.2 Å². The van der Waals surface area contributed by atoms with E-state index in [4.69, 9.17) is 9.47 Å². The van der Waals surface area contributed by atoms with Gasteiger partial charge in [-0.2, -0.15) is 0 Å². The Bertz CT molecular complexity index is 755. The zero-order valence-corrected chi connectivity index (χ0v) is 19.0. The Morgan fingerprint density at radius 2 is 1.41 bits per heavy atom. The van der Waals surface area contributed by atoms with Gasteiger partial charge in [-0.05, 0) is 72.6 Å². The maximum atomic E-state index is 12.3. The van der Waals surface area contributed by atoms with Gasteiger partial charge in [0.05, 0.1) is 0 Å². The van der Waals surface area contributed by atoms with Gasteiger partial charge in [-0.15, -0.1) is 0 Å². The second-order valence-electron chi connectivity index (χ2n) is 9.53. The van der Waals surface area contributed by atoms with Gasteiger partial charge in [0.15, 0.2) is 0 Å². The van der Waals surface area contributed by atoms with Crippen molar-refractivity contribution in [1.29, 1.82) is 0 Å². The largest absolute Gasteiger partial charge is 0.444 e. The Hall–Kier alpha value is -2.44. The molecule has 162 valence electrons. The third-order valence-corrected chi connectivity index (χ3v) is 4.45. The van der Waals surface area contributed by atoms with Gasteiger partial charge in [0.25, 0.3) is 0 Å². The molecule has 29 heavy (non-hydrogen) atoms. The molecule has 0 spiro atoms. The summed E-state index contributed by atoms with van der Waals surface area (Å²) in [7, 11) is 0. The van der Waals surface area contributed by atoms with E-state index >= 15 is 0 Å². The third kappa shape index (κ3) is 6.84. The van der Waals surface area contributed by atoms with E-state index in [1.54, 1.807) is 4.90 Å². The van der Waals surface area contributed by atoms with Crippen LogP contribution in [0.2, 0.25) is 0 Å². The van der Waals surface area contributed by atoms with Crippen molar-refractivity contribution in [2.45, 2.75) is 66.6 Å². The lowest BCUT2D eigenvalue weighted by Gasteiger charge is -2.37. The van der Waals surface area contributed by atoms with Crippen LogP contribution in [-0.4, -0.2) is 54.5 Å². The molecule has 0 aliphatic carbocycles. The quantitative estimate of drug-likeness (QED) is 0.772. The van der Waals surface area contributed by atoms with Crippen molar-refractivity contribution in [3.8, 4) is 0 Å². The van der Waals surface area contributed by atoms with Gasteiger partial charge >= 0.3 is 12.2 Å². The highest BCUT2D eigenvalue weighted by Gasteiger charge is 2.27. The van der Waals surface area contributed by atoms with Crippen LogP contribution in [0.1, 0.15) is 52.7 Å². The first kappa shape index (κ1) is 22.8. The molecule has 1 aromatic carbocycles. The van der Waals surface area contributed by atoms with Crippen LogP contribution in [0.4, 0.5) is 21.0 Å². The maximum Gasteiger partial charge on any atom is 0.412 e. The molecular weight excluding hydrogens is 370 g/mol. The van der Waals surface area contributed by atoms with E-state index in [2.05, 4.69) is 23.2 Å². The van der Waals surface area contributed by atoms with Crippen molar-refractivity contribution < 1.29 is 19.1 Å². The summed E-state index contributed by atoms with van der Waals surface area (Å²) in [6, 6.07) is 4.04.